The van der Waals surface area contributed by atoms with E-state index in [9.17, 15) is 5.11 Å². The van der Waals surface area contributed by atoms with E-state index < -0.39 is 8.32 Å². The Morgan fingerprint density at radius 3 is 2.11 bits per heavy atom. The Balaban J connectivity index is 1.87. The molecule has 154 valence electrons. The van der Waals surface area contributed by atoms with Gasteiger partial charge in [-0.05, 0) is 60.7 Å². The zero-order chi connectivity index (χ0) is 20.6. The normalized spacial score (nSPS) is 13.4. The van der Waals surface area contributed by atoms with Gasteiger partial charge in [-0.15, -0.1) is 0 Å². The van der Waals surface area contributed by atoms with Crippen LogP contribution in [0.3, 0.4) is 0 Å². The molecule has 0 spiro atoms. The van der Waals surface area contributed by atoms with E-state index in [1.165, 1.54) is 11.1 Å². The van der Waals surface area contributed by atoms with Gasteiger partial charge in [-0.1, -0.05) is 63.2 Å². The summed E-state index contributed by atoms with van der Waals surface area (Å²) in [6.45, 7) is 12.1. The van der Waals surface area contributed by atoms with Crippen molar-refractivity contribution >= 4 is 8.32 Å². The van der Waals surface area contributed by atoms with Crippen molar-refractivity contribution in [3.05, 3.63) is 65.7 Å². The van der Waals surface area contributed by atoms with Crippen LogP contribution in [0.25, 0.3) is 0 Å². The lowest BCUT2D eigenvalue weighted by molar-refractivity contribution is 0.132. The Labute approximate surface area is 171 Å². The molecule has 2 aromatic rings. The smallest absolute Gasteiger partial charge is 0.192 e. The third-order valence-electron chi connectivity index (χ3n) is 5.65. The fourth-order valence-corrected chi connectivity index (χ4v) is 4.24. The van der Waals surface area contributed by atoms with Crippen LogP contribution in [0, 0.1) is 0 Å². The van der Waals surface area contributed by atoms with Gasteiger partial charge in [0, 0.05) is 12.7 Å². The average Bonchev–Trinajstić information content (AvgIpc) is 2.65. The highest BCUT2D eigenvalue weighted by Crippen LogP contribution is 2.38. The molecule has 0 aliphatic carbocycles. The first-order valence-corrected chi connectivity index (χ1v) is 13.2. The number of hydrogen-bond donors (Lipinski definition) is 1. The van der Waals surface area contributed by atoms with Crippen LogP contribution in [-0.2, 0) is 17.5 Å². The average molecular weight is 401 g/mol. The van der Waals surface area contributed by atoms with Crippen LogP contribution >= 0.6 is 0 Å². The van der Waals surface area contributed by atoms with E-state index in [0.717, 1.165) is 18.6 Å². The lowest BCUT2D eigenvalue weighted by Gasteiger charge is -2.39. The zero-order valence-corrected chi connectivity index (χ0v) is 19.1. The quantitative estimate of drug-likeness (QED) is 0.499. The summed E-state index contributed by atoms with van der Waals surface area (Å²) < 4.78 is 12.4. The zero-order valence-electron chi connectivity index (χ0n) is 18.1. The maximum absolute atomic E-state index is 9.44. The van der Waals surface area contributed by atoms with Crippen LogP contribution < -0.4 is 4.74 Å². The largest absolute Gasteiger partial charge is 0.489 e. The van der Waals surface area contributed by atoms with Crippen molar-refractivity contribution in [2.45, 2.75) is 70.9 Å². The van der Waals surface area contributed by atoms with Gasteiger partial charge in [0.25, 0.3) is 0 Å². The molecule has 2 aromatic carbocycles. The van der Waals surface area contributed by atoms with Crippen molar-refractivity contribution in [1.29, 1.82) is 0 Å². The topological polar surface area (TPSA) is 38.7 Å². The van der Waals surface area contributed by atoms with Gasteiger partial charge in [-0.2, -0.15) is 0 Å². The minimum atomic E-state index is -1.83. The molecule has 0 heterocycles. The van der Waals surface area contributed by atoms with Crippen molar-refractivity contribution in [1.82, 2.24) is 0 Å². The summed E-state index contributed by atoms with van der Waals surface area (Å²) in [5, 5.41) is 9.62. The fourth-order valence-electron chi connectivity index (χ4n) is 2.82. The standard InChI is InChI=1S/C24H36O3Si/c1-24(2,3)28(4,5)27-23(17-18-25)16-13-20-11-14-22(15-12-20)26-19-21-9-7-6-8-10-21/h6-12,14-15,23,25H,13,16-19H2,1-5H3/t23-/m0/s1. The van der Waals surface area contributed by atoms with E-state index in [1.54, 1.807) is 0 Å². The van der Waals surface area contributed by atoms with Gasteiger partial charge < -0.3 is 14.3 Å². The maximum Gasteiger partial charge on any atom is 0.192 e. The van der Waals surface area contributed by atoms with Gasteiger partial charge in [0.05, 0.1) is 0 Å². The number of ether oxygens (including phenoxy) is 1. The number of aryl methyl sites for hydroxylation is 1. The monoisotopic (exact) mass is 400 g/mol. The van der Waals surface area contributed by atoms with Gasteiger partial charge in [0.1, 0.15) is 12.4 Å². The van der Waals surface area contributed by atoms with Crippen LogP contribution in [-0.4, -0.2) is 26.1 Å². The molecule has 0 fully saturated rings. The molecular formula is C24H36O3Si. The second kappa shape index (κ2) is 10.2. The predicted molar refractivity (Wildman–Crippen MR) is 119 cm³/mol. The fraction of sp³-hybridized carbons (Fsp3) is 0.500. The first-order chi connectivity index (χ1) is 13.2. The third kappa shape index (κ3) is 7.08. The van der Waals surface area contributed by atoms with E-state index in [2.05, 4.69) is 58.1 Å². The van der Waals surface area contributed by atoms with E-state index in [1.807, 2.05) is 30.3 Å². The molecule has 1 N–H and O–H groups in total. The number of aliphatic hydroxyl groups excluding tert-OH is 1. The molecule has 0 radical (unpaired) electrons. The SMILES string of the molecule is CC(C)(C)[Si](C)(C)O[C@H](CCO)CCc1ccc(OCc2ccccc2)cc1. The number of hydrogen-bond acceptors (Lipinski definition) is 3. The number of aliphatic hydroxyl groups is 1. The molecule has 3 nitrogen and oxygen atoms in total. The Kier molecular flexibility index (Phi) is 8.29. The molecule has 0 amide bonds. The van der Waals surface area contributed by atoms with Gasteiger partial charge in [0.15, 0.2) is 8.32 Å². The lowest BCUT2D eigenvalue weighted by Crippen LogP contribution is -2.44. The molecule has 28 heavy (non-hydrogen) atoms. The minimum absolute atomic E-state index is 0.111. The van der Waals surface area contributed by atoms with Crippen LogP contribution in [0.5, 0.6) is 5.75 Å². The molecule has 0 aromatic heterocycles. The van der Waals surface area contributed by atoms with Crippen molar-refractivity contribution in [2.24, 2.45) is 0 Å². The first kappa shape index (κ1) is 22.7. The van der Waals surface area contributed by atoms with Crippen molar-refractivity contribution in [3.63, 3.8) is 0 Å². The van der Waals surface area contributed by atoms with Gasteiger partial charge in [0.2, 0.25) is 0 Å². The second-order valence-corrected chi connectivity index (χ2v) is 13.7. The Hall–Kier alpha value is -1.62. The van der Waals surface area contributed by atoms with E-state index in [0.29, 0.717) is 13.0 Å². The van der Waals surface area contributed by atoms with Crippen LogP contribution in [0.4, 0.5) is 0 Å². The molecule has 4 heteroatoms. The van der Waals surface area contributed by atoms with Gasteiger partial charge >= 0.3 is 0 Å². The Morgan fingerprint density at radius 1 is 0.893 bits per heavy atom. The Morgan fingerprint density at radius 2 is 1.54 bits per heavy atom. The van der Waals surface area contributed by atoms with Crippen LogP contribution in [0.1, 0.15) is 44.7 Å². The summed E-state index contributed by atoms with van der Waals surface area (Å²) in [7, 11) is -1.83. The number of benzene rings is 2. The third-order valence-corrected chi connectivity index (χ3v) is 10.2. The molecule has 0 saturated heterocycles. The van der Waals surface area contributed by atoms with E-state index in [4.69, 9.17) is 9.16 Å². The van der Waals surface area contributed by atoms with Gasteiger partial charge in [-0.3, -0.25) is 0 Å². The Bertz CT molecular complexity index is 690. The number of rotatable bonds is 10. The molecule has 2 rings (SSSR count). The molecule has 0 aliphatic rings. The highest BCUT2D eigenvalue weighted by atomic mass is 28.4. The molecule has 0 bridgehead atoms. The molecule has 0 saturated carbocycles. The predicted octanol–water partition coefficient (Wildman–Crippen LogP) is 5.97. The summed E-state index contributed by atoms with van der Waals surface area (Å²) in [4.78, 5) is 0. The molecule has 1 atom stereocenters. The summed E-state index contributed by atoms with van der Waals surface area (Å²) >= 11 is 0. The van der Waals surface area contributed by atoms with Crippen LogP contribution in [0.15, 0.2) is 54.6 Å². The highest BCUT2D eigenvalue weighted by molar-refractivity contribution is 6.74. The second-order valence-electron chi connectivity index (χ2n) is 8.97. The highest BCUT2D eigenvalue weighted by Gasteiger charge is 2.38. The van der Waals surface area contributed by atoms with Gasteiger partial charge in [-0.25, -0.2) is 0 Å². The van der Waals surface area contributed by atoms with Crippen molar-refractivity contribution in [2.75, 3.05) is 6.61 Å². The first-order valence-electron chi connectivity index (χ1n) is 10.3. The van der Waals surface area contributed by atoms with Crippen LogP contribution in [0.2, 0.25) is 18.1 Å². The van der Waals surface area contributed by atoms with E-state index in [-0.39, 0.29) is 17.7 Å². The summed E-state index contributed by atoms with van der Waals surface area (Å²) in [6, 6.07) is 18.5. The van der Waals surface area contributed by atoms with E-state index >= 15 is 0 Å². The molecule has 0 unspecified atom stereocenters. The summed E-state index contributed by atoms with van der Waals surface area (Å²) in [6.07, 6.45) is 2.68. The minimum Gasteiger partial charge on any atom is -0.489 e. The molecular weight excluding hydrogens is 364 g/mol. The van der Waals surface area contributed by atoms with Crippen molar-refractivity contribution < 1.29 is 14.3 Å². The molecule has 0 aliphatic heterocycles. The summed E-state index contributed by atoms with van der Waals surface area (Å²) in [5.41, 5.74) is 2.44. The maximum atomic E-state index is 9.44. The van der Waals surface area contributed by atoms with Crippen molar-refractivity contribution in [3.8, 4) is 5.75 Å². The lowest BCUT2D eigenvalue weighted by atomic mass is 10.1. The summed E-state index contributed by atoms with van der Waals surface area (Å²) in [5.74, 6) is 0.886.